The van der Waals surface area contributed by atoms with Gasteiger partial charge in [0.15, 0.2) is 4.60 Å². The van der Waals surface area contributed by atoms with Gasteiger partial charge in [-0.1, -0.05) is 17.3 Å². The van der Waals surface area contributed by atoms with Gasteiger partial charge in [-0.3, -0.25) is 0 Å². The van der Waals surface area contributed by atoms with E-state index >= 15 is 0 Å². The summed E-state index contributed by atoms with van der Waals surface area (Å²) < 4.78 is 15.3. The van der Waals surface area contributed by atoms with Crippen molar-refractivity contribution in [1.82, 2.24) is 15.0 Å². The molecule has 0 aliphatic rings. The number of hydrogen-bond donors (Lipinski definition) is 1. The van der Waals surface area contributed by atoms with Crippen molar-refractivity contribution in [2.24, 2.45) is 7.05 Å². The predicted molar refractivity (Wildman–Crippen MR) is 58.5 cm³/mol. The number of nitrogens with two attached hydrogens (primary N) is 1. The minimum Gasteiger partial charge on any atom is -0.396 e. The van der Waals surface area contributed by atoms with Crippen molar-refractivity contribution in [3.05, 3.63) is 28.6 Å². The lowest BCUT2D eigenvalue weighted by Gasteiger charge is -2.06. The van der Waals surface area contributed by atoms with Gasteiger partial charge in [-0.25, -0.2) is 9.07 Å². The van der Waals surface area contributed by atoms with E-state index in [0.29, 0.717) is 15.9 Å². The number of para-hydroxylation sites is 1. The van der Waals surface area contributed by atoms with E-state index in [4.69, 9.17) is 5.73 Å². The Morgan fingerprint density at radius 2 is 2.20 bits per heavy atom. The minimum atomic E-state index is -0.444. The molecule has 0 bridgehead atoms. The SMILES string of the molecule is Cn1nnc(Br)c1-c1cccc(F)c1N. The third kappa shape index (κ3) is 1.61. The van der Waals surface area contributed by atoms with Crippen molar-refractivity contribution >= 4 is 21.6 Å². The zero-order valence-electron chi connectivity index (χ0n) is 7.91. The second-order valence-electron chi connectivity index (χ2n) is 3.05. The second-order valence-corrected chi connectivity index (χ2v) is 3.80. The normalized spacial score (nSPS) is 10.6. The zero-order valence-corrected chi connectivity index (χ0v) is 9.49. The van der Waals surface area contributed by atoms with E-state index in [1.165, 1.54) is 10.7 Å². The van der Waals surface area contributed by atoms with Crippen molar-refractivity contribution in [1.29, 1.82) is 0 Å². The highest BCUT2D eigenvalue weighted by Gasteiger charge is 2.14. The highest BCUT2D eigenvalue weighted by atomic mass is 79.9. The molecule has 0 saturated heterocycles. The van der Waals surface area contributed by atoms with Gasteiger partial charge in [0.1, 0.15) is 11.5 Å². The first-order valence-electron chi connectivity index (χ1n) is 4.21. The quantitative estimate of drug-likeness (QED) is 0.807. The molecule has 2 rings (SSSR count). The van der Waals surface area contributed by atoms with Crippen molar-refractivity contribution in [2.75, 3.05) is 5.73 Å². The van der Waals surface area contributed by atoms with Gasteiger partial charge in [0, 0.05) is 12.6 Å². The Balaban J connectivity index is 2.69. The number of rotatable bonds is 1. The number of hydrogen-bond acceptors (Lipinski definition) is 3. The van der Waals surface area contributed by atoms with Gasteiger partial charge >= 0.3 is 0 Å². The van der Waals surface area contributed by atoms with E-state index < -0.39 is 5.82 Å². The van der Waals surface area contributed by atoms with Crippen molar-refractivity contribution in [3.8, 4) is 11.3 Å². The second kappa shape index (κ2) is 3.62. The molecule has 1 aromatic heterocycles. The van der Waals surface area contributed by atoms with Gasteiger partial charge in [-0.2, -0.15) is 0 Å². The van der Waals surface area contributed by atoms with Crippen LogP contribution in [0.1, 0.15) is 0 Å². The van der Waals surface area contributed by atoms with Crippen LogP contribution in [0.3, 0.4) is 0 Å². The molecular formula is C9H8BrFN4. The molecule has 4 nitrogen and oxygen atoms in total. The lowest BCUT2D eigenvalue weighted by molar-refractivity contribution is 0.632. The maximum Gasteiger partial charge on any atom is 0.156 e. The van der Waals surface area contributed by atoms with Crippen LogP contribution in [0.25, 0.3) is 11.3 Å². The van der Waals surface area contributed by atoms with Crippen LogP contribution in [-0.4, -0.2) is 15.0 Å². The highest BCUT2D eigenvalue weighted by molar-refractivity contribution is 9.10. The van der Waals surface area contributed by atoms with Gasteiger partial charge in [0.05, 0.1) is 5.69 Å². The topological polar surface area (TPSA) is 56.7 Å². The molecule has 0 radical (unpaired) electrons. The summed E-state index contributed by atoms with van der Waals surface area (Å²) in [5, 5.41) is 7.62. The van der Waals surface area contributed by atoms with Crippen LogP contribution in [0.2, 0.25) is 0 Å². The smallest absolute Gasteiger partial charge is 0.156 e. The standard InChI is InChI=1S/C9H8BrFN4/c1-15-8(9(10)13-14-15)5-3-2-4-6(11)7(5)12/h2-4H,12H2,1H3. The molecule has 0 amide bonds. The first-order chi connectivity index (χ1) is 7.11. The zero-order chi connectivity index (χ0) is 11.0. The molecule has 0 saturated carbocycles. The fourth-order valence-electron chi connectivity index (χ4n) is 1.36. The van der Waals surface area contributed by atoms with Crippen molar-refractivity contribution < 1.29 is 4.39 Å². The number of aryl methyl sites for hydroxylation is 1. The van der Waals surface area contributed by atoms with E-state index in [2.05, 4.69) is 26.2 Å². The average Bonchev–Trinajstić information content (AvgIpc) is 2.52. The first-order valence-corrected chi connectivity index (χ1v) is 5.00. The molecule has 0 fully saturated rings. The molecule has 15 heavy (non-hydrogen) atoms. The average molecular weight is 271 g/mol. The third-order valence-corrected chi connectivity index (χ3v) is 2.63. The Labute approximate surface area is 94.0 Å². The Bertz CT molecular complexity index is 489. The van der Waals surface area contributed by atoms with Gasteiger partial charge in [0.2, 0.25) is 0 Å². The van der Waals surface area contributed by atoms with Gasteiger partial charge in [0.25, 0.3) is 0 Å². The summed E-state index contributed by atoms with van der Waals surface area (Å²) in [6.45, 7) is 0. The number of aromatic nitrogens is 3. The molecule has 2 aromatic rings. The van der Waals surface area contributed by atoms with E-state index in [1.54, 1.807) is 19.2 Å². The molecule has 0 spiro atoms. The van der Waals surface area contributed by atoms with Gasteiger partial charge in [-0.15, -0.1) is 5.10 Å². The third-order valence-electron chi connectivity index (χ3n) is 2.09. The van der Waals surface area contributed by atoms with E-state index in [-0.39, 0.29) is 5.69 Å². The monoisotopic (exact) mass is 270 g/mol. The molecule has 0 aliphatic heterocycles. The Morgan fingerprint density at radius 1 is 1.47 bits per heavy atom. The molecule has 0 unspecified atom stereocenters. The number of anilines is 1. The van der Waals surface area contributed by atoms with E-state index in [1.807, 2.05) is 0 Å². The molecule has 1 aromatic carbocycles. The summed E-state index contributed by atoms with van der Waals surface area (Å²) in [5.74, 6) is -0.444. The van der Waals surface area contributed by atoms with E-state index in [9.17, 15) is 4.39 Å². The molecule has 0 atom stereocenters. The Hall–Kier alpha value is -1.43. The van der Waals surface area contributed by atoms with Crippen molar-refractivity contribution in [3.63, 3.8) is 0 Å². The molecular weight excluding hydrogens is 263 g/mol. The maximum atomic E-state index is 13.2. The fraction of sp³-hybridized carbons (Fsp3) is 0.111. The molecule has 6 heteroatoms. The van der Waals surface area contributed by atoms with Crippen LogP contribution < -0.4 is 5.73 Å². The van der Waals surface area contributed by atoms with Crippen LogP contribution in [0.15, 0.2) is 22.8 Å². The summed E-state index contributed by atoms with van der Waals surface area (Å²) in [6, 6.07) is 4.64. The lowest BCUT2D eigenvalue weighted by Crippen LogP contribution is -1.99. The Kier molecular flexibility index (Phi) is 2.44. The summed E-state index contributed by atoms with van der Waals surface area (Å²) >= 11 is 3.24. The predicted octanol–water partition coefficient (Wildman–Crippen LogP) is 1.97. The number of halogens is 2. The number of benzene rings is 1. The molecule has 1 heterocycles. The lowest BCUT2D eigenvalue weighted by atomic mass is 10.1. The van der Waals surface area contributed by atoms with Gasteiger partial charge < -0.3 is 5.73 Å². The molecule has 78 valence electrons. The Morgan fingerprint density at radius 3 is 2.80 bits per heavy atom. The van der Waals surface area contributed by atoms with Crippen LogP contribution >= 0.6 is 15.9 Å². The highest BCUT2D eigenvalue weighted by Crippen LogP contribution is 2.31. The maximum absolute atomic E-state index is 13.2. The summed E-state index contributed by atoms with van der Waals surface area (Å²) in [4.78, 5) is 0. The minimum absolute atomic E-state index is 0.101. The number of nitrogen functional groups attached to an aromatic ring is 1. The van der Waals surface area contributed by atoms with Crippen LogP contribution in [-0.2, 0) is 7.05 Å². The molecule has 2 N–H and O–H groups in total. The van der Waals surface area contributed by atoms with Crippen LogP contribution in [0.4, 0.5) is 10.1 Å². The summed E-state index contributed by atoms with van der Waals surface area (Å²) in [7, 11) is 1.72. The summed E-state index contributed by atoms with van der Waals surface area (Å²) in [5.41, 5.74) is 6.98. The van der Waals surface area contributed by atoms with Crippen LogP contribution in [0, 0.1) is 5.82 Å². The van der Waals surface area contributed by atoms with Crippen molar-refractivity contribution in [2.45, 2.75) is 0 Å². The number of nitrogens with zero attached hydrogens (tertiary/aromatic N) is 3. The molecule has 0 aliphatic carbocycles. The van der Waals surface area contributed by atoms with E-state index in [0.717, 1.165) is 0 Å². The first kappa shape index (κ1) is 10.1. The van der Waals surface area contributed by atoms with Crippen LogP contribution in [0.5, 0.6) is 0 Å². The summed E-state index contributed by atoms with van der Waals surface area (Å²) in [6.07, 6.45) is 0. The van der Waals surface area contributed by atoms with Gasteiger partial charge in [-0.05, 0) is 22.0 Å². The largest absolute Gasteiger partial charge is 0.396 e. The fourth-order valence-corrected chi connectivity index (χ4v) is 1.90.